The van der Waals surface area contributed by atoms with E-state index < -0.39 is 0 Å². The molecule has 0 amide bonds. The standard InChI is InChI=1S/C14H24/c1-2-3-4-5-6-9-14-10-7-13(12-14)8-11-14/h2,13H,1,3-12H2. The van der Waals surface area contributed by atoms with E-state index in [1.54, 1.807) is 32.1 Å². The van der Waals surface area contributed by atoms with Gasteiger partial charge in [-0.1, -0.05) is 18.9 Å². The lowest BCUT2D eigenvalue weighted by atomic mass is 9.79. The van der Waals surface area contributed by atoms with Crippen molar-refractivity contribution in [2.24, 2.45) is 11.3 Å². The molecule has 0 saturated heterocycles. The summed E-state index contributed by atoms with van der Waals surface area (Å²) in [7, 11) is 0. The summed E-state index contributed by atoms with van der Waals surface area (Å²) in [6, 6.07) is 0. The fourth-order valence-electron chi connectivity index (χ4n) is 3.63. The number of fused-ring (bicyclic) bond motifs is 2. The van der Waals surface area contributed by atoms with Crippen LogP contribution in [-0.4, -0.2) is 0 Å². The maximum absolute atomic E-state index is 3.77. The number of rotatable bonds is 6. The molecule has 0 spiro atoms. The summed E-state index contributed by atoms with van der Waals surface area (Å²) < 4.78 is 0. The Bertz CT molecular complexity index is 184. The van der Waals surface area contributed by atoms with E-state index >= 15 is 0 Å². The van der Waals surface area contributed by atoms with Crippen LogP contribution in [0.15, 0.2) is 12.7 Å². The van der Waals surface area contributed by atoms with Crippen molar-refractivity contribution in [1.82, 2.24) is 0 Å². The van der Waals surface area contributed by atoms with E-state index in [4.69, 9.17) is 0 Å². The summed E-state index contributed by atoms with van der Waals surface area (Å²) in [4.78, 5) is 0. The lowest BCUT2D eigenvalue weighted by molar-refractivity contribution is 0.261. The van der Waals surface area contributed by atoms with Crippen molar-refractivity contribution in [2.75, 3.05) is 0 Å². The van der Waals surface area contributed by atoms with Gasteiger partial charge in [0.15, 0.2) is 0 Å². The fraction of sp³-hybridized carbons (Fsp3) is 0.857. The summed E-state index contributed by atoms with van der Waals surface area (Å²) in [5, 5.41) is 0. The van der Waals surface area contributed by atoms with E-state index in [1.165, 1.54) is 32.1 Å². The monoisotopic (exact) mass is 192 g/mol. The molecule has 14 heavy (non-hydrogen) atoms. The van der Waals surface area contributed by atoms with Gasteiger partial charge in [0, 0.05) is 0 Å². The fourth-order valence-corrected chi connectivity index (χ4v) is 3.63. The summed E-state index contributed by atoms with van der Waals surface area (Å²) in [6.07, 6.45) is 16.9. The molecule has 2 fully saturated rings. The molecular weight excluding hydrogens is 168 g/mol. The van der Waals surface area contributed by atoms with Crippen molar-refractivity contribution in [3.8, 4) is 0 Å². The lowest BCUT2D eigenvalue weighted by Crippen LogP contribution is -2.13. The van der Waals surface area contributed by atoms with Gasteiger partial charge in [0.2, 0.25) is 0 Å². The molecular formula is C14H24. The number of unbranched alkanes of at least 4 members (excludes halogenated alkanes) is 3. The molecule has 2 aliphatic carbocycles. The van der Waals surface area contributed by atoms with Crippen LogP contribution in [0.5, 0.6) is 0 Å². The third kappa shape index (κ3) is 2.21. The van der Waals surface area contributed by atoms with Gasteiger partial charge in [-0.05, 0) is 62.7 Å². The Morgan fingerprint density at radius 3 is 2.50 bits per heavy atom. The van der Waals surface area contributed by atoms with Crippen LogP contribution in [0.4, 0.5) is 0 Å². The first-order valence-electron chi connectivity index (χ1n) is 6.46. The van der Waals surface area contributed by atoms with Gasteiger partial charge in [-0.25, -0.2) is 0 Å². The lowest BCUT2D eigenvalue weighted by Gasteiger charge is -2.26. The molecule has 0 nitrogen and oxygen atoms in total. The molecule has 2 bridgehead atoms. The number of hydrogen-bond acceptors (Lipinski definition) is 0. The second-order valence-electron chi connectivity index (χ2n) is 5.54. The van der Waals surface area contributed by atoms with E-state index in [0.29, 0.717) is 0 Å². The SMILES string of the molecule is C=CCCCCCC12CCC(CC1)C2. The smallest absolute Gasteiger partial charge is 0.0295 e. The van der Waals surface area contributed by atoms with Crippen LogP contribution in [0.2, 0.25) is 0 Å². The first kappa shape index (κ1) is 10.3. The third-order valence-corrected chi connectivity index (χ3v) is 4.50. The summed E-state index contributed by atoms with van der Waals surface area (Å²) in [6.45, 7) is 3.77. The minimum absolute atomic E-state index is 0.832. The van der Waals surface area contributed by atoms with Crippen molar-refractivity contribution in [1.29, 1.82) is 0 Å². The minimum Gasteiger partial charge on any atom is -0.103 e. The Morgan fingerprint density at radius 2 is 1.93 bits per heavy atom. The zero-order valence-electron chi connectivity index (χ0n) is 9.43. The van der Waals surface area contributed by atoms with Crippen molar-refractivity contribution < 1.29 is 0 Å². The molecule has 0 radical (unpaired) electrons. The molecule has 0 aromatic rings. The van der Waals surface area contributed by atoms with Crippen molar-refractivity contribution in [2.45, 2.75) is 64.2 Å². The van der Waals surface area contributed by atoms with Crippen LogP contribution >= 0.6 is 0 Å². The molecule has 0 aromatic heterocycles. The zero-order valence-corrected chi connectivity index (χ0v) is 9.43. The highest BCUT2D eigenvalue weighted by molar-refractivity contribution is 4.95. The Kier molecular flexibility index (Phi) is 3.30. The van der Waals surface area contributed by atoms with Gasteiger partial charge in [0.25, 0.3) is 0 Å². The molecule has 0 heterocycles. The molecule has 80 valence electrons. The predicted molar refractivity (Wildman–Crippen MR) is 62.3 cm³/mol. The minimum atomic E-state index is 0.832. The van der Waals surface area contributed by atoms with Crippen LogP contribution in [0, 0.1) is 11.3 Å². The van der Waals surface area contributed by atoms with E-state index in [0.717, 1.165) is 11.3 Å². The zero-order chi connectivity index (χ0) is 9.86. The predicted octanol–water partition coefficient (Wildman–Crippen LogP) is 4.70. The molecule has 0 N–H and O–H groups in total. The molecule has 0 heteroatoms. The maximum Gasteiger partial charge on any atom is -0.0295 e. The highest BCUT2D eigenvalue weighted by Crippen LogP contribution is 2.56. The van der Waals surface area contributed by atoms with Crippen LogP contribution in [0.1, 0.15) is 64.2 Å². The van der Waals surface area contributed by atoms with Gasteiger partial charge in [0.1, 0.15) is 0 Å². The molecule has 2 rings (SSSR count). The first-order valence-corrected chi connectivity index (χ1v) is 6.46. The number of allylic oxidation sites excluding steroid dienone is 1. The normalized spacial score (nSPS) is 35.0. The molecule has 2 aliphatic rings. The first-order chi connectivity index (χ1) is 6.85. The Hall–Kier alpha value is -0.260. The van der Waals surface area contributed by atoms with Gasteiger partial charge in [-0.3, -0.25) is 0 Å². The quantitative estimate of drug-likeness (QED) is 0.422. The molecule has 0 unspecified atom stereocenters. The average molecular weight is 192 g/mol. The topological polar surface area (TPSA) is 0 Å². The maximum atomic E-state index is 3.77. The van der Waals surface area contributed by atoms with Gasteiger partial charge in [-0.15, -0.1) is 6.58 Å². The summed E-state index contributed by atoms with van der Waals surface area (Å²) in [5.41, 5.74) is 0.832. The van der Waals surface area contributed by atoms with Crippen LogP contribution in [0.25, 0.3) is 0 Å². The van der Waals surface area contributed by atoms with Gasteiger partial charge >= 0.3 is 0 Å². The van der Waals surface area contributed by atoms with E-state index in [2.05, 4.69) is 12.7 Å². The second kappa shape index (κ2) is 4.51. The highest BCUT2D eigenvalue weighted by atomic mass is 14.5. The van der Waals surface area contributed by atoms with Crippen molar-refractivity contribution in [3.05, 3.63) is 12.7 Å². The average Bonchev–Trinajstić information content (AvgIpc) is 2.77. The summed E-state index contributed by atoms with van der Waals surface area (Å²) in [5.74, 6) is 1.13. The largest absolute Gasteiger partial charge is 0.103 e. The Balaban J connectivity index is 1.63. The van der Waals surface area contributed by atoms with E-state index in [1.807, 2.05) is 0 Å². The van der Waals surface area contributed by atoms with E-state index in [9.17, 15) is 0 Å². The molecule has 2 saturated carbocycles. The van der Waals surface area contributed by atoms with Crippen LogP contribution in [0.3, 0.4) is 0 Å². The third-order valence-electron chi connectivity index (χ3n) is 4.50. The highest BCUT2D eigenvalue weighted by Gasteiger charge is 2.43. The van der Waals surface area contributed by atoms with E-state index in [-0.39, 0.29) is 0 Å². The molecule has 0 aromatic carbocycles. The van der Waals surface area contributed by atoms with Crippen LogP contribution < -0.4 is 0 Å². The Morgan fingerprint density at radius 1 is 1.14 bits per heavy atom. The van der Waals surface area contributed by atoms with Crippen LogP contribution in [-0.2, 0) is 0 Å². The Labute approximate surface area is 88.8 Å². The molecule has 0 aliphatic heterocycles. The number of hydrogen-bond donors (Lipinski definition) is 0. The van der Waals surface area contributed by atoms with Crippen molar-refractivity contribution in [3.63, 3.8) is 0 Å². The van der Waals surface area contributed by atoms with Crippen molar-refractivity contribution >= 4 is 0 Å². The van der Waals surface area contributed by atoms with Gasteiger partial charge in [0.05, 0.1) is 0 Å². The van der Waals surface area contributed by atoms with Gasteiger partial charge in [-0.2, -0.15) is 0 Å². The molecule has 0 atom stereocenters. The summed E-state index contributed by atoms with van der Waals surface area (Å²) >= 11 is 0. The van der Waals surface area contributed by atoms with Gasteiger partial charge < -0.3 is 0 Å². The second-order valence-corrected chi connectivity index (χ2v) is 5.54.